The number of para-hydroxylation sites is 2. The topological polar surface area (TPSA) is 87.5 Å². The second kappa shape index (κ2) is 6.84. The van der Waals surface area contributed by atoms with Crippen LogP contribution in [0.1, 0.15) is 37.5 Å². The lowest BCUT2D eigenvalue weighted by Crippen LogP contribution is -2.47. The third-order valence-electron chi connectivity index (χ3n) is 4.70. The van der Waals surface area contributed by atoms with Crippen molar-refractivity contribution < 1.29 is 14.0 Å². The van der Waals surface area contributed by atoms with E-state index in [0.717, 1.165) is 49.2 Å². The van der Waals surface area contributed by atoms with Crippen molar-refractivity contribution in [2.75, 3.05) is 19.6 Å². The minimum Gasteiger partial charge on any atom is -0.440 e. The van der Waals surface area contributed by atoms with Crippen LogP contribution < -0.4 is 10.6 Å². The van der Waals surface area contributed by atoms with Gasteiger partial charge in [0, 0.05) is 18.5 Å². The van der Waals surface area contributed by atoms with E-state index in [1.165, 1.54) is 0 Å². The molecule has 7 nitrogen and oxygen atoms in total. The molecule has 7 heteroatoms. The van der Waals surface area contributed by atoms with Gasteiger partial charge in [0.2, 0.25) is 5.91 Å². The minimum absolute atomic E-state index is 0.175. The van der Waals surface area contributed by atoms with Crippen molar-refractivity contribution in [3.63, 3.8) is 0 Å². The Labute approximate surface area is 145 Å². The summed E-state index contributed by atoms with van der Waals surface area (Å²) in [5.41, 5.74) is 1.66. The van der Waals surface area contributed by atoms with E-state index in [9.17, 15) is 9.59 Å². The molecule has 132 valence electrons. The average Bonchev–Trinajstić information content (AvgIpc) is 3.29. The molecular formula is C18H22N4O3. The second-order valence-corrected chi connectivity index (χ2v) is 6.89. The molecule has 2 fully saturated rings. The first-order valence-electron chi connectivity index (χ1n) is 8.85. The van der Waals surface area contributed by atoms with Gasteiger partial charge in [-0.1, -0.05) is 12.1 Å². The molecule has 2 aromatic rings. The summed E-state index contributed by atoms with van der Waals surface area (Å²) in [5.74, 6) is 0.642. The van der Waals surface area contributed by atoms with Crippen LogP contribution in [-0.2, 0) is 4.79 Å². The van der Waals surface area contributed by atoms with Gasteiger partial charge in [0.15, 0.2) is 11.5 Å². The fourth-order valence-corrected chi connectivity index (χ4v) is 3.28. The number of carbonyl (C=O) groups is 2. The van der Waals surface area contributed by atoms with Crippen molar-refractivity contribution >= 4 is 23.0 Å². The molecule has 2 N–H and O–H groups in total. The van der Waals surface area contributed by atoms with Crippen LogP contribution in [-0.4, -0.2) is 47.5 Å². The Morgan fingerprint density at radius 2 is 2.08 bits per heavy atom. The van der Waals surface area contributed by atoms with Gasteiger partial charge in [-0.25, -0.2) is 9.78 Å². The highest BCUT2D eigenvalue weighted by atomic mass is 16.3. The number of hydrogen-bond acceptors (Lipinski definition) is 5. The number of hydrogen-bond donors (Lipinski definition) is 2. The first-order valence-corrected chi connectivity index (χ1v) is 8.85. The van der Waals surface area contributed by atoms with Gasteiger partial charge < -0.3 is 9.73 Å². The number of benzene rings is 1. The summed E-state index contributed by atoms with van der Waals surface area (Å²) in [4.78, 5) is 30.3. The third-order valence-corrected chi connectivity index (χ3v) is 4.70. The third kappa shape index (κ3) is 3.99. The highest BCUT2D eigenvalue weighted by Gasteiger charge is 2.28. The molecular weight excluding hydrogens is 320 g/mol. The molecule has 25 heavy (non-hydrogen) atoms. The van der Waals surface area contributed by atoms with Crippen molar-refractivity contribution in [3.05, 3.63) is 30.2 Å². The van der Waals surface area contributed by atoms with Crippen LogP contribution in [0.5, 0.6) is 0 Å². The standard InChI is InChI=1S/C18H22N4O3/c23-16(21-18(24)19-13-7-8-13)11-22-9-3-4-12(10-22)17-20-14-5-1-2-6-15(14)25-17/h1-2,5-6,12-13H,3-4,7-11H2,(H2,19,21,23,24)/t12-/m1/s1. The maximum absolute atomic E-state index is 12.1. The maximum atomic E-state index is 12.1. The first-order chi connectivity index (χ1) is 12.2. The highest BCUT2D eigenvalue weighted by Crippen LogP contribution is 2.28. The van der Waals surface area contributed by atoms with Crippen molar-refractivity contribution in [1.29, 1.82) is 0 Å². The summed E-state index contributed by atoms with van der Waals surface area (Å²) in [6.07, 6.45) is 3.97. The van der Waals surface area contributed by atoms with E-state index in [0.29, 0.717) is 6.54 Å². The minimum atomic E-state index is -0.389. The lowest BCUT2D eigenvalue weighted by Gasteiger charge is -2.30. The number of nitrogens with zero attached hydrogens (tertiary/aromatic N) is 2. The van der Waals surface area contributed by atoms with Gasteiger partial charge in [0.05, 0.1) is 6.54 Å². The monoisotopic (exact) mass is 342 g/mol. The Morgan fingerprint density at radius 1 is 1.24 bits per heavy atom. The molecule has 1 aliphatic heterocycles. The number of urea groups is 1. The lowest BCUT2D eigenvalue weighted by molar-refractivity contribution is -0.121. The van der Waals surface area contributed by atoms with Gasteiger partial charge in [0.1, 0.15) is 5.52 Å². The molecule has 1 saturated carbocycles. The number of nitrogens with one attached hydrogen (secondary N) is 2. The SMILES string of the molecule is O=C(CN1CCC[C@@H](c2nc3ccccc3o2)C1)NC(=O)NC1CC1. The van der Waals surface area contributed by atoms with Crippen LogP contribution in [0.3, 0.4) is 0 Å². The number of rotatable bonds is 4. The number of aromatic nitrogens is 1. The van der Waals surface area contributed by atoms with E-state index in [4.69, 9.17) is 4.42 Å². The Bertz CT molecular complexity index is 750. The van der Waals surface area contributed by atoms with Crippen LogP contribution in [0.4, 0.5) is 4.79 Å². The molecule has 1 aromatic heterocycles. The molecule has 2 aliphatic rings. The van der Waals surface area contributed by atoms with E-state index in [1.54, 1.807) is 0 Å². The van der Waals surface area contributed by atoms with E-state index in [-0.39, 0.29) is 30.4 Å². The number of oxazole rings is 1. The summed E-state index contributed by atoms with van der Waals surface area (Å²) < 4.78 is 5.87. The quantitative estimate of drug-likeness (QED) is 0.887. The lowest BCUT2D eigenvalue weighted by atomic mass is 9.98. The molecule has 1 aliphatic carbocycles. The Kier molecular flexibility index (Phi) is 4.40. The van der Waals surface area contributed by atoms with E-state index >= 15 is 0 Å². The fourth-order valence-electron chi connectivity index (χ4n) is 3.28. The Hall–Kier alpha value is -2.41. The van der Waals surface area contributed by atoms with Crippen LogP contribution in [0.2, 0.25) is 0 Å². The average molecular weight is 342 g/mol. The van der Waals surface area contributed by atoms with E-state index in [2.05, 4.69) is 20.5 Å². The zero-order valence-corrected chi connectivity index (χ0v) is 14.0. The molecule has 4 rings (SSSR count). The van der Waals surface area contributed by atoms with Gasteiger partial charge in [-0.15, -0.1) is 0 Å². The summed E-state index contributed by atoms with van der Waals surface area (Å²) in [6.45, 7) is 1.77. The summed E-state index contributed by atoms with van der Waals surface area (Å²) >= 11 is 0. The normalized spacial score (nSPS) is 21.2. The molecule has 0 bridgehead atoms. The summed E-state index contributed by atoms with van der Waals surface area (Å²) in [7, 11) is 0. The van der Waals surface area contributed by atoms with Crippen LogP contribution >= 0.6 is 0 Å². The molecule has 3 amide bonds. The largest absolute Gasteiger partial charge is 0.440 e. The van der Waals surface area contributed by atoms with E-state index < -0.39 is 0 Å². The van der Waals surface area contributed by atoms with Crippen LogP contribution in [0.25, 0.3) is 11.1 Å². The van der Waals surface area contributed by atoms with Crippen molar-refractivity contribution in [2.24, 2.45) is 0 Å². The van der Waals surface area contributed by atoms with Crippen LogP contribution in [0, 0.1) is 0 Å². The number of likely N-dealkylation sites (tertiary alicyclic amines) is 1. The van der Waals surface area contributed by atoms with Gasteiger partial charge in [-0.3, -0.25) is 15.0 Å². The number of carbonyl (C=O) groups excluding carboxylic acids is 2. The fraction of sp³-hybridized carbons (Fsp3) is 0.500. The predicted octanol–water partition coefficient (Wildman–Crippen LogP) is 2.00. The number of piperidine rings is 1. The summed E-state index contributed by atoms with van der Waals surface area (Å²) in [6, 6.07) is 7.58. The number of fused-ring (bicyclic) bond motifs is 1. The zero-order chi connectivity index (χ0) is 17.2. The second-order valence-electron chi connectivity index (χ2n) is 6.89. The molecule has 1 atom stereocenters. The number of amides is 3. The Morgan fingerprint density at radius 3 is 2.88 bits per heavy atom. The zero-order valence-electron chi connectivity index (χ0n) is 14.0. The maximum Gasteiger partial charge on any atom is 0.321 e. The molecule has 2 heterocycles. The number of imide groups is 1. The van der Waals surface area contributed by atoms with Crippen molar-refractivity contribution in [1.82, 2.24) is 20.5 Å². The first kappa shape index (κ1) is 16.1. The van der Waals surface area contributed by atoms with Gasteiger partial charge >= 0.3 is 6.03 Å². The Balaban J connectivity index is 1.33. The smallest absolute Gasteiger partial charge is 0.321 e. The van der Waals surface area contributed by atoms with E-state index in [1.807, 2.05) is 24.3 Å². The van der Waals surface area contributed by atoms with Gasteiger partial charge in [-0.05, 0) is 44.4 Å². The van der Waals surface area contributed by atoms with Gasteiger partial charge in [0.25, 0.3) is 0 Å². The molecule has 0 radical (unpaired) electrons. The molecule has 1 saturated heterocycles. The van der Waals surface area contributed by atoms with Crippen LogP contribution in [0.15, 0.2) is 28.7 Å². The molecule has 0 unspecified atom stereocenters. The van der Waals surface area contributed by atoms with Crippen molar-refractivity contribution in [3.8, 4) is 0 Å². The molecule has 0 spiro atoms. The predicted molar refractivity (Wildman–Crippen MR) is 92.1 cm³/mol. The van der Waals surface area contributed by atoms with Crippen molar-refractivity contribution in [2.45, 2.75) is 37.6 Å². The molecule has 1 aromatic carbocycles. The summed E-state index contributed by atoms with van der Waals surface area (Å²) in [5, 5.41) is 5.16. The highest BCUT2D eigenvalue weighted by molar-refractivity contribution is 5.95. The van der Waals surface area contributed by atoms with Gasteiger partial charge in [-0.2, -0.15) is 0 Å².